The molecule has 3 N–H and O–H groups in total. The van der Waals surface area contributed by atoms with Gasteiger partial charge in [0.1, 0.15) is 5.75 Å². The van der Waals surface area contributed by atoms with Crippen molar-refractivity contribution in [3.05, 3.63) is 59.7 Å². The van der Waals surface area contributed by atoms with Crippen molar-refractivity contribution in [3.8, 4) is 17.1 Å². The molecule has 2 aromatic carbocycles. The van der Waals surface area contributed by atoms with Crippen molar-refractivity contribution >= 4 is 17.7 Å². The summed E-state index contributed by atoms with van der Waals surface area (Å²) in [6.07, 6.45) is 0.699. The summed E-state index contributed by atoms with van der Waals surface area (Å²) in [5, 5.41) is 11.6. The van der Waals surface area contributed by atoms with Crippen molar-refractivity contribution in [2.24, 2.45) is 0 Å². The van der Waals surface area contributed by atoms with E-state index in [1.807, 2.05) is 55.5 Å². The molecule has 3 aromatic rings. The zero-order valence-electron chi connectivity index (χ0n) is 15.9. The third-order valence-corrected chi connectivity index (χ3v) is 5.16. The molecular weight excluding hydrogens is 374 g/mol. The van der Waals surface area contributed by atoms with Crippen LogP contribution in [0.5, 0.6) is 5.75 Å². The predicted octanol–water partition coefficient (Wildman–Crippen LogP) is 2.43. The van der Waals surface area contributed by atoms with Crippen LogP contribution < -0.4 is 15.9 Å². The highest BCUT2D eigenvalue weighted by molar-refractivity contribution is 7.99. The summed E-state index contributed by atoms with van der Waals surface area (Å²) in [5.41, 5.74) is 3.10. The molecule has 146 valence electrons. The van der Waals surface area contributed by atoms with Gasteiger partial charge in [0.2, 0.25) is 11.1 Å². The van der Waals surface area contributed by atoms with Crippen molar-refractivity contribution < 1.29 is 9.53 Å². The Kier molecular flexibility index (Phi) is 6.54. The Morgan fingerprint density at radius 3 is 2.68 bits per heavy atom. The van der Waals surface area contributed by atoms with Gasteiger partial charge in [0, 0.05) is 12.1 Å². The molecule has 1 aromatic heterocycles. The highest BCUT2D eigenvalue weighted by atomic mass is 32.2. The minimum absolute atomic E-state index is 0.0835. The molecule has 0 saturated carbocycles. The fourth-order valence-corrected chi connectivity index (χ4v) is 3.39. The fourth-order valence-electron chi connectivity index (χ4n) is 2.70. The summed E-state index contributed by atoms with van der Waals surface area (Å²) in [6, 6.07) is 15.7. The van der Waals surface area contributed by atoms with Gasteiger partial charge in [-0.1, -0.05) is 59.8 Å². The van der Waals surface area contributed by atoms with Crippen LogP contribution in [0.25, 0.3) is 11.4 Å². The Labute approximate surface area is 168 Å². The number of carbonyl (C=O) groups is 1. The van der Waals surface area contributed by atoms with Crippen LogP contribution in [-0.4, -0.2) is 40.2 Å². The van der Waals surface area contributed by atoms with E-state index in [-0.39, 0.29) is 11.7 Å². The maximum Gasteiger partial charge on any atom is 0.230 e. The number of nitrogens with zero attached hydrogens (tertiary/aromatic N) is 3. The lowest BCUT2D eigenvalue weighted by Gasteiger charge is -2.09. The fraction of sp³-hybridized carbons (Fsp3) is 0.250. The van der Waals surface area contributed by atoms with E-state index in [2.05, 4.69) is 15.5 Å². The van der Waals surface area contributed by atoms with Crippen LogP contribution in [0, 0.1) is 6.92 Å². The van der Waals surface area contributed by atoms with Crippen LogP contribution in [0.2, 0.25) is 0 Å². The maximum atomic E-state index is 12.1. The third-order valence-electron chi connectivity index (χ3n) is 4.22. The SMILES string of the molecule is COc1ccccc1CCNC(=O)CSc1nnc(-c2ccc(C)cc2)n1N. The van der Waals surface area contributed by atoms with Crippen molar-refractivity contribution in [3.63, 3.8) is 0 Å². The van der Waals surface area contributed by atoms with E-state index in [4.69, 9.17) is 10.6 Å². The second kappa shape index (κ2) is 9.27. The Morgan fingerprint density at radius 1 is 1.18 bits per heavy atom. The van der Waals surface area contributed by atoms with E-state index in [9.17, 15) is 4.79 Å². The third kappa shape index (κ3) is 4.83. The molecule has 0 aliphatic heterocycles. The number of amides is 1. The molecule has 28 heavy (non-hydrogen) atoms. The largest absolute Gasteiger partial charge is 0.496 e. The van der Waals surface area contributed by atoms with Gasteiger partial charge in [-0.25, -0.2) is 4.68 Å². The van der Waals surface area contributed by atoms with Crippen LogP contribution in [0.15, 0.2) is 53.7 Å². The zero-order chi connectivity index (χ0) is 19.9. The number of carbonyl (C=O) groups excluding carboxylic acids is 1. The summed E-state index contributed by atoms with van der Waals surface area (Å²) in [6.45, 7) is 2.55. The van der Waals surface area contributed by atoms with Gasteiger partial charge in [-0.2, -0.15) is 0 Å². The van der Waals surface area contributed by atoms with Crippen LogP contribution in [0.3, 0.4) is 0 Å². The molecule has 0 aliphatic rings. The lowest BCUT2D eigenvalue weighted by molar-refractivity contribution is -0.118. The topological polar surface area (TPSA) is 95.1 Å². The summed E-state index contributed by atoms with van der Waals surface area (Å²) in [4.78, 5) is 12.1. The molecule has 0 radical (unpaired) electrons. The number of aryl methyl sites for hydroxylation is 1. The van der Waals surface area contributed by atoms with E-state index >= 15 is 0 Å². The van der Waals surface area contributed by atoms with Crippen molar-refractivity contribution in [1.29, 1.82) is 0 Å². The van der Waals surface area contributed by atoms with Crippen molar-refractivity contribution in [2.75, 3.05) is 25.3 Å². The van der Waals surface area contributed by atoms with E-state index in [1.165, 1.54) is 16.4 Å². The Morgan fingerprint density at radius 2 is 1.93 bits per heavy atom. The number of thioether (sulfide) groups is 1. The van der Waals surface area contributed by atoms with Gasteiger partial charge in [-0.15, -0.1) is 10.2 Å². The van der Waals surface area contributed by atoms with Crippen molar-refractivity contribution in [2.45, 2.75) is 18.5 Å². The van der Waals surface area contributed by atoms with Crippen LogP contribution in [0.1, 0.15) is 11.1 Å². The predicted molar refractivity (Wildman–Crippen MR) is 111 cm³/mol. The number of aromatic nitrogens is 3. The Balaban J connectivity index is 1.50. The number of para-hydroxylation sites is 1. The van der Waals surface area contributed by atoms with Crippen LogP contribution in [0.4, 0.5) is 0 Å². The van der Waals surface area contributed by atoms with E-state index < -0.39 is 0 Å². The van der Waals surface area contributed by atoms with Gasteiger partial charge >= 0.3 is 0 Å². The molecule has 1 amide bonds. The smallest absolute Gasteiger partial charge is 0.230 e. The van der Waals surface area contributed by atoms with Gasteiger partial charge in [0.25, 0.3) is 0 Å². The summed E-state index contributed by atoms with van der Waals surface area (Å²) in [5.74, 6) is 7.62. The van der Waals surface area contributed by atoms with Gasteiger partial charge in [-0.05, 0) is 25.0 Å². The average Bonchev–Trinajstić information content (AvgIpc) is 3.08. The van der Waals surface area contributed by atoms with Gasteiger partial charge in [0.05, 0.1) is 12.9 Å². The van der Waals surface area contributed by atoms with Crippen LogP contribution >= 0.6 is 11.8 Å². The number of nitrogens with two attached hydrogens (primary N) is 1. The van der Waals surface area contributed by atoms with E-state index in [0.29, 0.717) is 23.9 Å². The monoisotopic (exact) mass is 397 g/mol. The number of hydrogen-bond acceptors (Lipinski definition) is 6. The minimum Gasteiger partial charge on any atom is -0.496 e. The molecule has 7 nitrogen and oxygen atoms in total. The molecule has 8 heteroatoms. The number of benzene rings is 2. The average molecular weight is 398 g/mol. The summed E-state index contributed by atoms with van der Waals surface area (Å²) in [7, 11) is 1.64. The van der Waals surface area contributed by atoms with E-state index in [0.717, 1.165) is 22.4 Å². The lowest BCUT2D eigenvalue weighted by Crippen LogP contribution is -2.27. The quantitative estimate of drug-likeness (QED) is 0.448. The maximum absolute atomic E-state index is 12.1. The lowest BCUT2D eigenvalue weighted by atomic mass is 10.1. The molecule has 0 bridgehead atoms. The molecule has 0 aliphatic carbocycles. The number of nitrogens with one attached hydrogen (secondary N) is 1. The second-order valence-electron chi connectivity index (χ2n) is 6.24. The number of methoxy groups -OCH3 is 1. The first-order valence-corrected chi connectivity index (χ1v) is 9.86. The zero-order valence-corrected chi connectivity index (χ0v) is 16.7. The summed E-state index contributed by atoms with van der Waals surface area (Å²) < 4.78 is 6.73. The summed E-state index contributed by atoms with van der Waals surface area (Å²) >= 11 is 1.26. The minimum atomic E-state index is -0.0835. The number of nitrogen functional groups attached to an aromatic ring is 1. The highest BCUT2D eigenvalue weighted by Gasteiger charge is 2.13. The molecule has 1 heterocycles. The molecule has 3 rings (SSSR count). The number of rotatable bonds is 8. The standard InChI is InChI=1S/C20H23N5O2S/c1-14-7-9-16(10-8-14)19-23-24-20(25(19)21)28-13-18(26)22-12-11-15-5-3-4-6-17(15)27-2/h3-10H,11-13,21H2,1-2H3,(H,22,26). The normalized spacial score (nSPS) is 10.6. The van der Waals surface area contributed by atoms with Crippen molar-refractivity contribution in [1.82, 2.24) is 20.2 Å². The first kappa shape index (κ1) is 19.8. The van der Waals surface area contributed by atoms with Gasteiger partial charge in [-0.3, -0.25) is 4.79 Å². The molecule has 0 unspecified atom stereocenters. The molecule has 0 fully saturated rings. The number of ether oxygens (including phenoxy) is 1. The Hall–Kier alpha value is -3.00. The molecule has 0 spiro atoms. The number of hydrogen-bond donors (Lipinski definition) is 2. The van der Waals surface area contributed by atoms with Gasteiger partial charge in [0.15, 0.2) is 5.82 Å². The molecule has 0 atom stereocenters. The first-order valence-electron chi connectivity index (χ1n) is 8.87. The molecule has 0 saturated heterocycles. The molecular formula is C20H23N5O2S. The highest BCUT2D eigenvalue weighted by Crippen LogP contribution is 2.22. The Bertz CT molecular complexity index is 940. The second-order valence-corrected chi connectivity index (χ2v) is 7.19. The van der Waals surface area contributed by atoms with Gasteiger partial charge < -0.3 is 15.9 Å². The first-order chi connectivity index (χ1) is 13.6. The van der Waals surface area contributed by atoms with E-state index in [1.54, 1.807) is 7.11 Å². The van der Waals surface area contributed by atoms with Crippen LogP contribution in [-0.2, 0) is 11.2 Å².